The SMILES string of the molecule is CC(C)(NC(=O)COc1ccc(C#N)cc1)C(=O)O. The Labute approximate surface area is 110 Å². The molecule has 6 heteroatoms. The molecule has 2 N–H and O–H groups in total. The summed E-state index contributed by atoms with van der Waals surface area (Å²) in [6.07, 6.45) is 0. The molecule has 0 aliphatic rings. The summed E-state index contributed by atoms with van der Waals surface area (Å²) in [5.41, 5.74) is -0.853. The molecule has 0 radical (unpaired) electrons. The van der Waals surface area contributed by atoms with E-state index in [9.17, 15) is 9.59 Å². The van der Waals surface area contributed by atoms with Gasteiger partial charge >= 0.3 is 5.97 Å². The number of carbonyl (C=O) groups excluding carboxylic acids is 1. The van der Waals surface area contributed by atoms with Crippen LogP contribution in [0.25, 0.3) is 0 Å². The quantitative estimate of drug-likeness (QED) is 0.821. The van der Waals surface area contributed by atoms with Gasteiger partial charge in [0.05, 0.1) is 11.6 Å². The Bertz CT molecular complexity index is 514. The zero-order valence-electron chi connectivity index (χ0n) is 10.6. The number of rotatable bonds is 5. The normalized spacial score (nSPS) is 10.4. The highest BCUT2D eigenvalue weighted by Gasteiger charge is 2.28. The third-order valence-electron chi connectivity index (χ3n) is 2.34. The second-order valence-electron chi connectivity index (χ2n) is 4.40. The van der Waals surface area contributed by atoms with Crippen LogP contribution in [0.3, 0.4) is 0 Å². The van der Waals surface area contributed by atoms with Crippen molar-refractivity contribution in [1.82, 2.24) is 5.32 Å². The summed E-state index contributed by atoms with van der Waals surface area (Å²) in [7, 11) is 0. The number of ether oxygens (including phenoxy) is 1. The number of hydrogen-bond donors (Lipinski definition) is 2. The summed E-state index contributed by atoms with van der Waals surface area (Å²) >= 11 is 0. The van der Waals surface area contributed by atoms with Gasteiger partial charge in [-0.3, -0.25) is 4.79 Å². The molecular weight excluding hydrogens is 248 g/mol. The van der Waals surface area contributed by atoms with E-state index in [0.717, 1.165) is 0 Å². The summed E-state index contributed by atoms with van der Waals surface area (Å²) in [6.45, 7) is 2.48. The Balaban J connectivity index is 2.50. The minimum Gasteiger partial charge on any atom is -0.484 e. The van der Waals surface area contributed by atoms with Crippen molar-refractivity contribution in [2.45, 2.75) is 19.4 Å². The van der Waals surface area contributed by atoms with Crippen LogP contribution in [-0.4, -0.2) is 29.1 Å². The van der Waals surface area contributed by atoms with E-state index in [1.54, 1.807) is 24.3 Å². The van der Waals surface area contributed by atoms with Crippen molar-refractivity contribution in [2.75, 3.05) is 6.61 Å². The first-order valence-corrected chi connectivity index (χ1v) is 5.52. The van der Waals surface area contributed by atoms with E-state index >= 15 is 0 Å². The van der Waals surface area contributed by atoms with Crippen LogP contribution in [0, 0.1) is 11.3 Å². The van der Waals surface area contributed by atoms with Gasteiger partial charge in [0.15, 0.2) is 6.61 Å². The van der Waals surface area contributed by atoms with E-state index in [1.165, 1.54) is 13.8 Å². The Kier molecular flexibility index (Phi) is 4.48. The summed E-state index contributed by atoms with van der Waals surface area (Å²) < 4.78 is 5.18. The zero-order valence-corrected chi connectivity index (χ0v) is 10.6. The summed E-state index contributed by atoms with van der Waals surface area (Å²) in [5.74, 6) is -1.22. The highest BCUT2D eigenvalue weighted by molar-refractivity contribution is 5.86. The van der Waals surface area contributed by atoms with Crippen molar-refractivity contribution in [2.24, 2.45) is 0 Å². The van der Waals surface area contributed by atoms with Gasteiger partial charge in [0, 0.05) is 0 Å². The van der Waals surface area contributed by atoms with Crippen molar-refractivity contribution in [3.8, 4) is 11.8 Å². The summed E-state index contributed by atoms with van der Waals surface area (Å²) in [5, 5.41) is 19.8. The fraction of sp³-hybridized carbons (Fsp3) is 0.308. The number of aliphatic carboxylic acids is 1. The van der Waals surface area contributed by atoms with Crippen LogP contribution in [0.5, 0.6) is 5.75 Å². The number of hydrogen-bond acceptors (Lipinski definition) is 4. The van der Waals surface area contributed by atoms with Crippen LogP contribution >= 0.6 is 0 Å². The monoisotopic (exact) mass is 262 g/mol. The fourth-order valence-electron chi connectivity index (χ4n) is 1.21. The molecule has 0 atom stereocenters. The van der Waals surface area contributed by atoms with Gasteiger partial charge in [-0.15, -0.1) is 0 Å². The lowest BCUT2D eigenvalue weighted by molar-refractivity contribution is -0.146. The molecule has 0 bridgehead atoms. The molecule has 1 amide bonds. The minimum absolute atomic E-state index is 0.289. The Morgan fingerprint density at radius 2 is 1.95 bits per heavy atom. The van der Waals surface area contributed by atoms with Crippen LogP contribution in [-0.2, 0) is 9.59 Å². The number of carbonyl (C=O) groups is 2. The molecule has 6 nitrogen and oxygen atoms in total. The third kappa shape index (κ3) is 4.32. The molecular formula is C13H14N2O4. The Morgan fingerprint density at radius 1 is 1.37 bits per heavy atom. The lowest BCUT2D eigenvalue weighted by Crippen LogP contribution is -2.51. The topological polar surface area (TPSA) is 99.4 Å². The van der Waals surface area contributed by atoms with E-state index in [1.807, 2.05) is 6.07 Å². The van der Waals surface area contributed by atoms with E-state index in [-0.39, 0.29) is 6.61 Å². The van der Waals surface area contributed by atoms with Crippen LogP contribution < -0.4 is 10.1 Å². The summed E-state index contributed by atoms with van der Waals surface area (Å²) in [4.78, 5) is 22.3. The Morgan fingerprint density at radius 3 is 2.42 bits per heavy atom. The van der Waals surface area contributed by atoms with Gasteiger partial charge in [-0.25, -0.2) is 4.79 Å². The highest BCUT2D eigenvalue weighted by atomic mass is 16.5. The fourth-order valence-corrected chi connectivity index (χ4v) is 1.21. The highest BCUT2D eigenvalue weighted by Crippen LogP contribution is 2.11. The molecule has 0 fully saturated rings. The second kappa shape index (κ2) is 5.87. The molecule has 100 valence electrons. The molecule has 0 unspecified atom stereocenters. The Hall–Kier alpha value is -2.55. The molecule has 1 aromatic carbocycles. The smallest absolute Gasteiger partial charge is 0.328 e. The van der Waals surface area contributed by atoms with Gasteiger partial charge in [0.1, 0.15) is 11.3 Å². The third-order valence-corrected chi connectivity index (χ3v) is 2.34. The number of benzene rings is 1. The molecule has 19 heavy (non-hydrogen) atoms. The van der Waals surface area contributed by atoms with Gasteiger partial charge < -0.3 is 15.2 Å². The van der Waals surface area contributed by atoms with E-state index < -0.39 is 17.4 Å². The van der Waals surface area contributed by atoms with Gasteiger partial charge in [0.2, 0.25) is 0 Å². The zero-order chi connectivity index (χ0) is 14.5. The average molecular weight is 262 g/mol. The first-order valence-electron chi connectivity index (χ1n) is 5.52. The van der Waals surface area contributed by atoms with E-state index in [2.05, 4.69) is 5.32 Å². The maximum Gasteiger partial charge on any atom is 0.328 e. The molecule has 0 aliphatic heterocycles. The first kappa shape index (κ1) is 14.5. The van der Waals surface area contributed by atoms with Crippen molar-refractivity contribution in [3.05, 3.63) is 29.8 Å². The van der Waals surface area contributed by atoms with Crippen molar-refractivity contribution in [3.63, 3.8) is 0 Å². The maximum absolute atomic E-state index is 11.5. The summed E-state index contributed by atoms with van der Waals surface area (Å²) in [6, 6.07) is 8.22. The van der Waals surface area contributed by atoms with Crippen LogP contribution in [0.1, 0.15) is 19.4 Å². The van der Waals surface area contributed by atoms with Gasteiger partial charge in [-0.1, -0.05) is 0 Å². The number of nitriles is 1. The number of nitrogens with zero attached hydrogens (tertiary/aromatic N) is 1. The number of carboxylic acid groups (broad SMARTS) is 1. The van der Waals surface area contributed by atoms with E-state index in [4.69, 9.17) is 15.1 Å². The second-order valence-corrected chi connectivity index (χ2v) is 4.40. The van der Waals surface area contributed by atoms with Crippen LogP contribution in [0.2, 0.25) is 0 Å². The van der Waals surface area contributed by atoms with Crippen molar-refractivity contribution >= 4 is 11.9 Å². The minimum atomic E-state index is -1.34. The van der Waals surface area contributed by atoms with Crippen molar-refractivity contribution in [1.29, 1.82) is 5.26 Å². The standard InChI is InChI=1S/C13H14N2O4/c1-13(2,12(17)18)15-11(16)8-19-10-5-3-9(7-14)4-6-10/h3-6H,8H2,1-2H3,(H,15,16)(H,17,18). The molecule has 0 spiro atoms. The predicted molar refractivity (Wildman–Crippen MR) is 66.5 cm³/mol. The molecule has 1 rings (SSSR count). The van der Waals surface area contributed by atoms with Gasteiger partial charge in [-0.2, -0.15) is 5.26 Å². The number of nitrogens with one attached hydrogen (secondary N) is 1. The predicted octanol–water partition coefficient (Wildman–Crippen LogP) is 0.916. The lowest BCUT2D eigenvalue weighted by Gasteiger charge is -2.20. The number of carboxylic acids is 1. The van der Waals surface area contributed by atoms with Gasteiger partial charge in [0.25, 0.3) is 5.91 Å². The van der Waals surface area contributed by atoms with Crippen LogP contribution in [0.15, 0.2) is 24.3 Å². The first-order chi connectivity index (χ1) is 8.85. The van der Waals surface area contributed by atoms with E-state index in [0.29, 0.717) is 11.3 Å². The molecule has 0 saturated carbocycles. The molecule has 1 aromatic rings. The largest absolute Gasteiger partial charge is 0.484 e. The van der Waals surface area contributed by atoms with Crippen molar-refractivity contribution < 1.29 is 19.4 Å². The average Bonchev–Trinajstić information content (AvgIpc) is 2.36. The number of amides is 1. The molecule has 0 saturated heterocycles. The molecule has 0 aromatic heterocycles. The van der Waals surface area contributed by atoms with Gasteiger partial charge in [-0.05, 0) is 38.1 Å². The lowest BCUT2D eigenvalue weighted by atomic mass is 10.1. The van der Waals surface area contributed by atoms with Crippen LogP contribution in [0.4, 0.5) is 0 Å². The molecule has 0 aliphatic carbocycles. The molecule has 0 heterocycles. The maximum atomic E-state index is 11.5.